The van der Waals surface area contributed by atoms with Crippen LogP contribution in [0.2, 0.25) is 0 Å². The lowest BCUT2D eigenvalue weighted by atomic mass is 10.1. The largest absolute Gasteiger partial charge is 0.351 e. The third kappa shape index (κ3) is 5.82. The van der Waals surface area contributed by atoms with Crippen molar-refractivity contribution in [2.45, 2.75) is 38.4 Å². The van der Waals surface area contributed by atoms with E-state index in [4.69, 9.17) is 0 Å². The van der Waals surface area contributed by atoms with Crippen LogP contribution in [0.25, 0.3) is 5.69 Å². The Kier molecular flexibility index (Phi) is 7.31. The molecule has 0 radical (unpaired) electrons. The molecule has 0 aliphatic carbocycles. The Bertz CT molecular complexity index is 1070. The number of rotatable bonds is 8. The zero-order chi connectivity index (χ0) is 22.6. The van der Waals surface area contributed by atoms with E-state index in [1.54, 1.807) is 11.6 Å². The number of sulfone groups is 1. The minimum absolute atomic E-state index is 0.0459. The summed E-state index contributed by atoms with van der Waals surface area (Å²) >= 11 is 1.20. The van der Waals surface area contributed by atoms with Gasteiger partial charge in [-0.05, 0) is 54.8 Å². The Hall–Kier alpha value is -2.47. The van der Waals surface area contributed by atoms with Gasteiger partial charge < -0.3 is 10.2 Å². The number of aromatic nitrogens is 4. The number of amides is 2. The maximum atomic E-state index is 12.7. The van der Waals surface area contributed by atoms with Crippen LogP contribution >= 0.6 is 11.8 Å². The fourth-order valence-corrected chi connectivity index (χ4v) is 5.79. The lowest BCUT2D eigenvalue weighted by molar-refractivity contribution is -0.134. The molecule has 1 aliphatic rings. The van der Waals surface area contributed by atoms with Crippen LogP contribution in [0.4, 0.5) is 0 Å². The van der Waals surface area contributed by atoms with Gasteiger partial charge in [-0.15, -0.1) is 5.10 Å². The first-order chi connectivity index (χ1) is 14.7. The van der Waals surface area contributed by atoms with Gasteiger partial charge in [-0.25, -0.2) is 8.42 Å². The number of thioether (sulfide) groups is 1. The molecule has 31 heavy (non-hydrogen) atoms. The van der Waals surface area contributed by atoms with Crippen LogP contribution in [0.5, 0.6) is 0 Å². The third-order valence-corrected chi connectivity index (χ3v) is 7.91. The number of benzene rings is 1. The van der Waals surface area contributed by atoms with Gasteiger partial charge in [0.25, 0.3) is 0 Å². The zero-order valence-electron chi connectivity index (χ0n) is 17.7. The molecule has 0 saturated carbocycles. The summed E-state index contributed by atoms with van der Waals surface area (Å²) in [7, 11) is -3.08. The molecule has 1 fully saturated rings. The molecule has 1 N–H and O–H groups in total. The average molecular weight is 467 g/mol. The molecule has 168 valence electrons. The van der Waals surface area contributed by atoms with Crippen molar-refractivity contribution in [1.82, 2.24) is 30.4 Å². The normalized spacial score (nSPS) is 17.5. The number of hydrogen-bond acceptors (Lipinski definition) is 8. The van der Waals surface area contributed by atoms with E-state index < -0.39 is 9.84 Å². The highest BCUT2D eigenvalue weighted by Crippen LogP contribution is 2.22. The first-order valence-corrected chi connectivity index (χ1v) is 12.8. The van der Waals surface area contributed by atoms with E-state index in [0.717, 1.165) is 16.8 Å². The molecule has 10 nitrogen and oxygen atoms in total. The first kappa shape index (κ1) is 23.2. The lowest BCUT2D eigenvalue weighted by Crippen LogP contribution is -2.45. The van der Waals surface area contributed by atoms with Crippen LogP contribution in [-0.4, -0.2) is 81.7 Å². The number of nitrogens with one attached hydrogen (secondary N) is 1. The van der Waals surface area contributed by atoms with Crippen LogP contribution in [0, 0.1) is 13.8 Å². The zero-order valence-corrected chi connectivity index (χ0v) is 19.4. The predicted octanol–water partition coefficient (Wildman–Crippen LogP) is 0.523. The van der Waals surface area contributed by atoms with Crippen molar-refractivity contribution in [1.29, 1.82) is 0 Å². The Morgan fingerprint density at radius 3 is 2.77 bits per heavy atom. The number of nitrogens with zero attached hydrogens (tertiary/aromatic N) is 5. The van der Waals surface area contributed by atoms with Crippen LogP contribution in [0.15, 0.2) is 23.4 Å². The fourth-order valence-electron chi connectivity index (χ4n) is 3.33. The molecule has 2 heterocycles. The second kappa shape index (κ2) is 9.77. The minimum Gasteiger partial charge on any atom is -0.351 e. The summed E-state index contributed by atoms with van der Waals surface area (Å²) in [5.41, 5.74) is 3.00. The fraction of sp³-hybridized carbons (Fsp3) is 0.526. The van der Waals surface area contributed by atoms with E-state index in [0.29, 0.717) is 18.1 Å². The summed E-state index contributed by atoms with van der Waals surface area (Å²) in [6, 6.07) is 5.45. The van der Waals surface area contributed by atoms with Crippen molar-refractivity contribution in [3.8, 4) is 5.69 Å². The van der Waals surface area contributed by atoms with Gasteiger partial charge in [0.1, 0.15) is 0 Å². The number of carbonyl (C=O) groups excluding carboxylic acids is 2. The predicted molar refractivity (Wildman–Crippen MR) is 117 cm³/mol. The van der Waals surface area contributed by atoms with Crippen molar-refractivity contribution in [2.24, 2.45) is 0 Å². The SMILES string of the molecule is CCN(CC(=O)NC1CCS(=O)(=O)C1)C(=O)CSc1nnnn1-c1cccc(C)c1C. The Morgan fingerprint density at radius 1 is 1.32 bits per heavy atom. The highest BCUT2D eigenvalue weighted by molar-refractivity contribution is 7.99. The molecule has 2 amide bonds. The van der Waals surface area contributed by atoms with Gasteiger partial charge in [-0.3, -0.25) is 9.59 Å². The van der Waals surface area contributed by atoms with Gasteiger partial charge in [-0.1, -0.05) is 23.9 Å². The van der Waals surface area contributed by atoms with Crippen molar-refractivity contribution >= 4 is 33.4 Å². The Morgan fingerprint density at radius 2 is 2.10 bits per heavy atom. The highest BCUT2D eigenvalue weighted by atomic mass is 32.2. The van der Waals surface area contributed by atoms with Crippen LogP contribution in [-0.2, 0) is 19.4 Å². The van der Waals surface area contributed by atoms with Gasteiger partial charge in [0.2, 0.25) is 17.0 Å². The highest BCUT2D eigenvalue weighted by Gasteiger charge is 2.29. The summed E-state index contributed by atoms with van der Waals surface area (Å²) in [6.45, 7) is 6.02. The summed E-state index contributed by atoms with van der Waals surface area (Å²) < 4.78 is 24.7. The number of tetrazole rings is 1. The molecular weight excluding hydrogens is 440 g/mol. The van der Waals surface area contributed by atoms with Crippen molar-refractivity contribution in [3.05, 3.63) is 29.3 Å². The third-order valence-electron chi connectivity index (χ3n) is 5.24. The van der Waals surface area contributed by atoms with E-state index in [2.05, 4.69) is 20.8 Å². The van der Waals surface area contributed by atoms with Gasteiger partial charge in [-0.2, -0.15) is 4.68 Å². The second-order valence-corrected chi connectivity index (χ2v) is 10.6. The van der Waals surface area contributed by atoms with Gasteiger partial charge in [0, 0.05) is 12.6 Å². The molecule has 3 rings (SSSR count). The minimum atomic E-state index is -3.08. The molecular formula is C19H26N6O4S2. The average Bonchev–Trinajstić information content (AvgIpc) is 3.32. The molecule has 1 aliphatic heterocycles. The van der Waals surface area contributed by atoms with E-state index in [9.17, 15) is 18.0 Å². The molecule has 1 unspecified atom stereocenters. The van der Waals surface area contributed by atoms with Crippen molar-refractivity contribution in [3.63, 3.8) is 0 Å². The maximum absolute atomic E-state index is 12.7. The Balaban J connectivity index is 1.58. The van der Waals surface area contributed by atoms with E-state index in [1.165, 1.54) is 16.7 Å². The standard InChI is InChI=1S/C19H26N6O4S2/c1-4-24(10-17(26)20-15-8-9-31(28,29)12-15)18(27)11-30-19-21-22-23-25(19)16-7-5-6-13(2)14(16)3/h5-7,15H,4,8-12H2,1-3H3,(H,20,26). The number of carbonyl (C=O) groups is 2. The Labute approximate surface area is 185 Å². The topological polar surface area (TPSA) is 127 Å². The van der Waals surface area contributed by atoms with Gasteiger partial charge in [0.05, 0.1) is 29.5 Å². The summed E-state index contributed by atoms with van der Waals surface area (Å²) in [4.78, 5) is 26.4. The monoisotopic (exact) mass is 466 g/mol. The summed E-state index contributed by atoms with van der Waals surface area (Å²) in [5, 5.41) is 15.0. The molecule has 1 saturated heterocycles. The van der Waals surface area contributed by atoms with Crippen LogP contribution in [0.1, 0.15) is 24.5 Å². The van der Waals surface area contributed by atoms with E-state index >= 15 is 0 Å². The van der Waals surface area contributed by atoms with Crippen molar-refractivity contribution in [2.75, 3.05) is 30.3 Å². The first-order valence-electron chi connectivity index (χ1n) is 9.95. The molecule has 0 bridgehead atoms. The van der Waals surface area contributed by atoms with E-state index in [-0.39, 0.29) is 41.7 Å². The lowest BCUT2D eigenvalue weighted by Gasteiger charge is -2.21. The molecule has 1 aromatic carbocycles. The quantitative estimate of drug-likeness (QED) is 0.558. The van der Waals surface area contributed by atoms with Crippen molar-refractivity contribution < 1.29 is 18.0 Å². The van der Waals surface area contributed by atoms with Gasteiger partial charge >= 0.3 is 0 Å². The van der Waals surface area contributed by atoms with Crippen LogP contribution < -0.4 is 5.32 Å². The van der Waals surface area contributed by atoms with Gasteiger partial charge in [0.15, 0.2) is 9.84 Å². The molecule has 0 spiro atoms. The summed E-state index contributed by atoms with van der Waals surface area (Å²) in [6.07, 6.45) is 0.408. The number of likely N-dealkylation sites (N-methyl/N-ethyl adjacent to an activating group) is 1. The number of hydrogen-bond donors (Lipinski definition) is 1. The number of aryl methyl sites for hydroxylation is 1. The second-order valence-electron chi connectivity index (χ2n) is 7.46. The summed E-state index contributed by atoms with van der Waals surface area (Å²) in [5.74, 6) is -0.472. The van der Waals surface area contributed by atoms with E-state index in [1.807, 2.05) is 32.0 Å². The molecule has 1 aromatic heterocycles. The smallest absolute Gasteiger partial charge is 0.239 e. The molecule has 1 atom stereocenters. The molecule has 2 aromatic rings. The molecule has 12 heteroatoms. The van der Waals surface area contributed by atoms with Crippen LogP contribution in [0.3, 0.4) is 0 Å². The maximum Gasteiger partial charge on any atom is 0.239 e.